The maximum atomic E-state index is 14.3. The lowest BCUT2D eigenvalue weighted by atomic mass is 9.96. The van der Waals surface area contributed by atoms with Crippen LogP contribution in [0.3, 0.4) is 0 Å². The molecule has 4 aromatic rings. The largest absolute Gasteiger partial charge is 0.458 e. The first-order valence-electron chi connectivity index (χ1n) is 13.4. The molecule has 1 saturated heterocycles. The van der Waals surface area contributed by atoms with E-state index in [1.807, 2.05) is 28.0 Å². The first-order chi connectivity index (χ1) is 22.2. The number of nitrogens with one attached hydrogen (secondary N) is 1. The van der Waals surface area contributed by atoms with Gasteiger partial charge in [0.05, 0.1) is 43.2 Å². The number of nitrogens with zero attached hydrogens (tertiary/aromatic N) is 8. The van der Waals surface area contributed by atoms with Gasteiger partial charge in [-0.1, -0.05) is 0 Å². The van der Waals surface area contributed by atoms with E-state index in [4.69, 9.17) is 4.74 Å². The number of hydrogen-bond acceptors (Lipinski definition) is 10. The van der Waals surface area contributed by atoms with Crippen molar-refractivity contribution in [3.63, 3.8) is 0 Å². The number of hydrogen-bond donors (Lipinski definition) is 1. The fourth-order valence-electron chi connectivity index (χ4n) is 5.02. The first-order valence-corrected chi connectivity index (χ1v) is 13.4. The topological polar surface area (TPSA) is 166 Å². The van der Waals surface area contributed by atoms with E-state index in [0.717, 1.165) is 34.9 Å². The van der Waals surface area contributed by atoms with Gasteiger partial charge in [-0.3, -0.25) is 14.3 Å². The molecule has 4 aromatic heterocycles. The fourth-order valence-corrected chi connectivity index (χ4v) is 5.02. The summed E-state index contributed by atoms with van der Waals surface area (Å²) >= 11 is 0. The molecule has 5 rings (SSSR count). The minimum absolute atomic E-state index is 0.00785. The zero-order valence-electron chi connectivity index (χ0n) is 24.1. The molecule has 1 fully saturated rings. The van der Waals surface area contributed by atoms with Crippen LogP contribution in [0.15, 0.2) is 37.2 Å². The number of pyridine rings is 1. The molecule has 0 aliphatic carbocycles. The van der Waals surface area contributed by atoms with Crippen molar-refractivity contribution in [2.75, 3.05) is 25.1 Å². The molecule has 0 spiro atoms. The molecular weight excluding hydrogens is 643 g/mol. The number of nitriles is 2. The second-order valence-electron chi connectivity index (χ2n) is 10.1. The lowest BCUT2D eigenvalue weighted by Crippen LogP contribution is -2.39. The van der Waals surface area contributed by atoms with Gasteiger partial charge in [-0.2, -0.15) is 42.0 Å². The normalized spacial score (nSPS) is 15.4. The summed E-state index contributed by atoms with van der Waals surface area (Å²) in [5.41, 5.74) is 2.74. The maximum absolute atomic E-state index is 14.3. The average molecular weight is 666 g/mol. The molecule has 0 radical (unpaired) electrons. The van der Waals surface area contributed by atoms with E-state index in [9.17, 15) is 50.8 Å². The van der Waals surface area contributed by atoms with E-state index in [-0.39, 0.29) is 36.1 Å². The smallest absolute Gasteiger partial charge is 0.380 e. The number of rotatable bonds is 8. The van der Waals surface area contributed by atoms with Gasteiger partial charge in [0, 0.05) is 55.0 Å². The van der Waals surface area contributed by atoms with E-state index in [0.29, 0.717) is 18.9 Å². The molecule has 0 aromatic carbocycles. The monoisotopic (exact) mass is 665 g/mol. The Morgan fingerprint density at radius 1 is 1.11 bits per heavy atom. The average Bonchev–Trinajstić information content (AvgIpc) is 3.81. The molecule has 0 amide bonds. The summed E-state index contributed by atoms with van der Waals surface area (Å²) in [4.78, 5) is 37.2. The van der Waals surface area contributed by atoms with Crippen molar-refractivity contribution < 1.29 is 45.1 Å². The van der Waals surface area contributed by atoms with Gasteiger partial charge in [-0.25, -0.2) is 19.3 Å². The number of carbonyl (C=O) groups is 2. The highest BCUT2D eigenvalue weighted by Crippen LogP contribution is 2.35. The quantitative estimate of drug-likeness (QED) is 0.208. The first kappa shape index (κ1) is 34.4. The van der Waals surface area contributed by atoms with Gasteiger partial charge in [0.2, 0.25) is 0 Å². The third-order valence-corrected chi connectivity index (χ3v) is 7.17. The fraction of sp³-hybridized carbons (Fsp3) is 0.357. The van der Waals surface area contributed by atoms with Crippen LogP contribution in [-0.2, 0) is 20.9 Å². The number of aromatic amines is 1. The van der Waals surface area contributed by atoms with Crippen molar-refractivity contribution in [3.8, 4) is 23.4 Å². The molecule has 12 nitrogen and oxygen atoms in total. The highest BCUT2D eigenvalue weighted by atomic mass is 19.4. The molecule has 47 heavy (non-hydrogen) atoms. The summed E-state index contributed by atoms with van der Waals surface area (Å²) in [6.45, 7) is 1.19. The molecule has 1 aliphatic rings. The molecule has 0 unspecified atom stereocenters. The van der Waals surface area contributed by atoms with E-state index in [1.165, 1.54) is 13.4 Å². The number of carbonyl (C=O) groups excluding carboxylic acids is 2. The highest BCUT2D eigenvalue weighted by molar-refractivity contribution is 6.41. The number of methoxy groups -OCH3 is 1. The summed E-state index contributed by atoms with van der Waals surface area (Å²) in [5, 5.41) is 24.7. The summed E-state index contributed by atoms with van der Waals surface area (Å²) < 4.78 is 88.1. The second kappa shape index (κ2) is 13.9. The predicted molar refractivity (Wildman–Crippen MR) is 146 cm³/mol. The number of fused-ring (bicyclic) bond motifs is 1. The molecule has 19 heteroatoms. The van der Waals surface area contributed by atoms with Gasteiger partial charge < -0.3 is 14.6 Å². The molecule has 1 aliphatic heterocycles. The standard InChI is InChI=1S/C24H22FN9O.C4F6O2/c1-35-13-19-18(8-27)24(29-10-20(19)25)33-7-4-15(11-33)21(2-5-26)34-12-16(9-32-34)22-17-3-6-28-23(17)31-14-30-22;5-3(6,7)1(11)2(12)4(8,9)10/h3,6,9-10,12,14-15,21H,2,4,7,11,13H2,1H3,(H,28,30,31);/t15-,21-;/m0./s1. The molecule has 0 saturated carbocycles. The van der Waals surface area contributed by atoms with Gasteiger partial charge >= 0.3 is 23.9 Å². The Hall–Kier alpha value is -5.43. The van der Waals surface area contributed by atoms with Crippen LogP contribution < -0.4 is 4.90 Å². The Balaban J connectivity index is 0.000000356. The Labute approximate surface area is 260 Å². The molecule has 2 atom stereocenters. The van der Waals surface area contributed by atoms with Crippen molar-refractivity contribution in [2.24, 2.45) is 5.92 Å². The number of aromatic nitrogens is 6. The number of Topliss-reactive ketones (excluding diaryl/α,β-unsaturated/α-hetero) is 2. The van der Waals surface area contributed by atoms with Crippen LogP contribution >= 0.6 is 0 Å². The maximum Gasteiger partial charge on any atom is 0.458 e. The van der Waals surface area contributed by atoms with Crippen molar-refractivity contribution in [1.29, 1.82) is 10.5 Å². The van der Waals surface area contributed by atoms with Crippen LogP contribution in [-0.4, -0.2) is 73.8 Å². The molecule has 0 bridgehead atoms. The Morgan fingerprint density at radius 2 is 1.81 bits per heavy atom. The molecule has 1 N–H and O–H groups in total. The third-order valence-electron chi connectivity index (χ3n) is 7.17. The van der Waals surface area contributed by atoms with E-state index >= 15 is 0 Å². The van der Waals surface area contributed by atoms with Gasteiger partial charge in [-0.05, 0) is 12.5 Å². The minimum Gasteiger partial charge on any atom is -0.380 e. The van der Waals surface area contributed by atoms with Crippen molar-refractivity contribution in [3.05, 3.63) is 54.1 Å². The third kappa shape index (κ3) is 7.52. The number of halogens is 7. The van der Waals surface area contributed by atoms with Crippen LogP contribution in [0.25, 0.3) is 22.3 Å². The summed E-state index contributed by atoms with van der Waals surface area (Å²) in [6.07, 6.45) is -2.37. The van der Waals surface area contributed by atoms with Crippen LogP contribution in [0.2, 0.25) is 0 Å². The minimum atomic E-state index is -5.77. The number of ketones is 2. The van der Waals surface area contributed by atoms with Gasteiger partial charge in [0.1, 0.15) is 35.2 Å². The predicted octanol–water partition coefficient (Wildman–Crippen LogP) is 4.60. The van der Waals surface area contributed by atoms with Crippen LogP contribution in [0, 0.1) is 34.4 Å². The zero-order valence-corrected chi connectivity index (χ0v) is 24.1. The van der Waals surface area contributed by atoms with Crippen LogP contribution in [0.1, 0.15) is 30.0 Å². The number of anilines is 1. The Morgan fingerprint density at radius 3 is 2.43 bits per heavy atom. The number of H-pyrrole nitrogens is 1. The Bertz CT molecular complexity index is 1830. The lowest BCUT2D eigenvalue weighted by Gasteiger charge is -2.24. The second-order valence-corrected chi connectivity index (χ2v) is 10.1. The van der Waals surface area contributed by atoms with Crippen molar-refractivity contribution >= 4 is 28.4 Å². The van der Waals surface area contributed by atoms with Crippen molar-refractivity contribution in [1.82, 2.24) is 29.7 Å². The van der Waals surface area contributed by atoms with E-state index in [1.54, 1.807) is 6.20 Å². The van der Waals surface area contributed by atoms with Gasteiger partial charge in [0.25, 0.3) is 0 Å². The summed E-state index contributed by atoms with van der Waals surface area (Å²) in [5.74, 6) is -6.85. The van der Waals surface area contributed by atoms with E-state index in [2.05, 4.69) is 37.2 Å². The molecular formula is C28H22F7N9O3. The number of ether oxygens (including phenoxy) is 1. The van der Waals surface area contributed by atoms with Crippen LogP contribution in [0.5, 0.6) is 0 Å². The van der Waals surface area contributed by atoms with Crippen molar-refractivity contribution in [2.45, 2.75) is 37.8 Å². The SMILES string of the molecule is COCc1c(F)cnc(N2CC[C@H]([C@H](CC#N)n3cc(-c4ncnc5[nH]ccc45)cn3)C2)c1C#N.O=C(C(=O)C(F)(F)F)C(F)(F)F. The van der Waals surface area contributed by atoms with Gasteiger partial charge in [0.15, 0.2) is 0 Å². The van der Waals surface area contributed by atoms with Gasteiger partial charge in [-0.15, -0.1) is 0 Å². The lowest BCUT2D eigenvalue weighted by molar-refractivity contribution is -0.193. The summed E-state index contributed by atoms with van der Waals surface area (Å²) in [7, 11) is 1.46. The Kier molecular flexibility index (Phi) is 10.2. The summed E-state index contributed by atoms with van der Waals surface area (Å²) in [6, 6.07) is 6.12. The molecule has 246 valence electrons. The van der Waals surface area contributed by atoms with E-state index < -0.39 is 29.7 Å². The molecule has 5 heterocycles. The highest BCUT2D eigenvalue weighted by Gasteiger charge is 2.54. The zero-order chi connectivity index (χ0) is 34.5. The number of alkyl halides is 6. The van der Waals surface area contributed by atoms with Crippen LogP contribution in [0.4, 0.5) is 36.6 Å².